The zero-order valence-corrected chi connectivity index (χ0v) is 13.5. The quantitative estimate of drug-likeness (QED) is 0.540. The maximum absolute atomic E-state index is 12.4. The molecule has 1 amide bonds. The third-order valence-electron chi connectivity index (χ3n) is 3.30. The van der Waals surface area contributed by atoms with Gasteiger partial charge >= 0.3 is 30.2 Å². The van der Waals surface area contributed by atoms with Crippen LogP contribution in [0.5, 0.6) is 0 Å². The largest absolute Gasteiger partial charge is 0.490 e. The summed E-state index contributed by atoms with van der Waals surface area (Å²) in [5.74, 6) is -7.11. The van der Waals surface area contributed by atoms with Crippen molar-refractivity contribution in [3.63, 3.8) is 0 Å². The Labute approximate surface area is 138 Å². The number of hydrogen-bond acceptors (Lipinski definition) is 5. The highest BCUT2D eigenvalue weighted by atomic mass is 19.4. The van der Waals surface area contributed by atoms with Crippen molar-refractivity contribution in [1.82, 2.24) is 5.32 Å². The van der Waals surface area contributed by atoms with Gasteiger partial charge in [-0.25, -0.2) is 4.79 Å². The number of esters is 2. The van der Waals surface area contributed by atoms with Crippen molar-refractivity contribution in [2.24, 2.45) is 5.92 Å². The fourth-order valence-corrected chi connectivity index (χ4v) is 1.78. The van der Waals surface area contributed by atoms with Gasteiger partial charge in [0.1, 0.15) is 6.10 Å². The number of nitrogens with one attached hydrogen (secondary N) is 1. The maximum atomic E-state index is 12.4. The number of carbonyl (C=O) groups is 3. The molecular formula is C13H17F6NO5. The Balaban J connectivity index is 5.61. The minimum atomic E-state index is -5.43. The lowest BCUT2D eigenvalue weighted by Crippen LogP contribution is -2.53. The van der Waals surface area contributed by atoms with E-state index < -0.39 is 54.7 Å². The van der Waals surface area contributed by atoms with Crippen LogP contribution in [0.1, 0.15) is 26.7 Å². The molecular weight excluding hydrogens is 364 g/mol. The number of methoxy groups -OCH3 is 1. The van der Waals surface area contributed by atoms with Crippen LogP contribution in [0.25, 0.3) is 0 Å². The molecule has 0 aliphatic heterocycles. The van der Waals surface area contributed by atoms with E-state index in [1.807, 2.05) is 0 Å². The third-order valence-corrected chi connectivity index (χ3v) is 3.30. The van der Waals surface area contributed by atoms with Crippen LogP contribution >= 0.6 is 0 Å². The van der Waals surface area contributed by atoms with Crippen LogP contribution in [-0.2, 0) is 23.9 Å². The highest BCUT2D eigenvalue weighted by molar-refractivity contribution is 5.82. The molecule has 0 aliphatic rings. The summed E-state index contributed by atoms with van der Waals surface area (Å²) in [6, 6.07) is -1.69. The average Bonchev–Trinajstić information content (AvgIpc) is 2.48. The molecule has 0 spiro atoms. The number of carbonyl (C=O) groups excluding carboxylic acids is 3. The minimum absolute atomic E-state index is 0.115. The first-order chi connectivity index (χ1) is 11.2. The van der Waals surface area contributed by atoms with Gasteiger partial charge in [-0.15, -0.1) is 0 Å². The number of hydrogen-bond donors (Lipinski definition) is 1. The van der Waals surface area contributed by atoms with Gasteiger partial charge in [0, 0.05) is 0 Å². The van der Waals surface area contributed by atoms with Gasteiger partial charge in [-0.05, 0) is 5.92 Å². The molecule has 146 valence electrons. The van der Waals surface area contributed by atoms with E-state index in [-0.39, 0.29) is 6.42 Å². The standard InChI is InChI=1S/C13H17F6NO5/c1-4-6(2)9(20-10(22)12(14,15)16)7(5-8(21)24-3)25-11(23)13(17,18)19/h6-7,9H,4-5H2,1-3H3,(H,20,22)/t6-,7-,9-/m0/s1. The van der Waals surface area contributed by atoms with Crippen LogP contribution in [0.3, 0.4) is 0 Å². The normalized spacial score (nSPS) is 15.7. The fraction of sp³-hybridized carbons (Fsp3) is 0.769. The SMILES string of the molecule is CC[C@H](C)[C@H](NC(=O)C(F)(F)F)[C@H](CC(=O)OC)OC(=O)C(F)(F)F. The summed E-state index contributed by atoms with van der Waals surface area (Å²) in [6.07, 6.45) is -13.6. The molecule has 6 nitrogen and oxygen atoms in total. The molecule has 25 heavy (non-hydrogen) atoms. The van der Waals surface area contributed by atoms with Crippen molar-refractivity contribution >= 4 is 17.8 Å². The molecule has 0 aromatic heterocycles. The Morgan fingerprint density at radius 1 is 1.04 bits per heavy atom. The monoisotopic (exact) mass is 381 g/mol. The predicted octanol–water partition coefficient (Wildman–Crippen LogP) is 2.12. The Hall–Kier alpha value is -2.01. The van der Waals surface area contributed by atoms with Crippen LogP contribution < -0.4 is 5.32 Å². The summed E-state index contributed by atoms with van der Waals surface area (Å²) in [7, 11) is 0.886. The predicted molar refractivity (Wildman–Crippen MR) is 70.0 cm³/mol. The van der Waals surface area contributed by atoms with Gasteiger partial charge in [0.05, 0.1) is 19.6 Å². The fourth-order valence-electron chi connectivity index (χ4n) is 1.78. The van der Waals surface area contributed by atoms with E-state index in [1.165, 1.54) is 19.2 Å². The molecule has 0 aliphatic carbocycles. The van der Waals surface area contributed by atoms with Crippen molar-refractivity contribution in [1.29, 1.82) is 0 Å². The van der Waals surface area contributed by atoms with Gasteiger partial charge in [0.2, 0.25) is 0 Å². The number of alkyl halides is 6. The lowest BCUT2D eigenvalue weighted by Gasteiger charge is -2.31. The third kappa shape index (κ3) is 7.61. The summed E-state index contributed by atoms with van der Waals surface area (Å²) in [5, 5.41) is 1.48. The second-order valence-corrected chi connectivity index (χ2v) is 5.10. The van der Waals surface area contributed by atoms with Gasteiger partial charge in [-0.2, -0.15) is 26.3 Å². The van der Waals surface area contributed by atoms with Crippen molar-refractivity contribution in [3.8, 4) is 0 Å². The van der Waals surface area contributed by atoms with Gasteiger partial charge < -0.3 is 14.8 Å². The van der Waals surface area contributed by atoms with E-state index in [0.717, 1.165) is 7.11 Å². The second-order valence-electron chi connectivity index (χ2n) is 5.10. The lowest BCUT2D eigenvalue weighted by atomic mass is 9.92. The molecule has 0 heterocycles. The second kappa shape index (κ2) is 8.90. The zero-order valence-electron chi connectivity index (χ0n) is 13.5. The molecule has 0 fully saturated rings. The molecule has 0 saturated carbocycles. The summed E-state index contributed by atoms with van der Waals surface area (Å²) >= 11 is 0. The maximum Gasteiger partial charge on any atom is 0.490 e. The van der Waals surface area contributed by atoms with Crippen LogP contribution in [0.4, 0.5) is 26.3 Å². The van der Waals surface area contributed by atoms with Crippen molar-refractivity contribution < 1.29 is 50.2 Å². The van der Waals surface area contributed by atoms with Crippen LogP contribution in [-0.4, -0.2) is 49.5 Å². The summed E-state index contributed by atoms with van der Waals surface area (Å²) in [4.78, 5) is 33.5. The highest BCUT2D eigenvalue weighted by Crippen LogP contribution is 2.24. The van der Waals surface area contributed by atoms with Gasteiger partial charge in [0.15, 0.2) is 0 Å². The van der Waals surface area contributed by atoms with Gasteiger partial charge in [0.25, 0.3) is 0 Å². The van der Waals surface area contributed by atoms with Crippen molar-refractivity contribution in [3.05, 3.63) is 0 Å². The Bertz CT molecular complexity index is 490. The Kier molecular flexibility index (Phi) is 8.19. The van der Waals surface area contributed by atoms with Crippen molar-refractivity contribution in [2.45, 2.75) is 51.2 Å². The van der Waals surface area contributed by atoms with Crippen molar-refractivity contribution in [2.75, 3.05) is 7.11 Å². The molecule has 0 aromatic carbocycles. The molecule has 0 rings (SSSR count). The Morgan fingerprint density at radius 2 is 1.56 bits per heavy atom. The summed E-state index contributed by atoms with van der Waals surface area (Å²) in [5.41, 5.74) is 0. The number of amides is 1. The lowest BCUT2D eigenvalue weighted by molar-refractivity contribution is -0.208. The van der Waals surface area contributed by atoms with Crippen LogP contribution in [0.15, 0.2) is 0 Å². The van der Waals surface area contributed by atoms with E-state index in [0.29, 0.717) is 0 Å². The first kappa shape index (κ1) is 23.0. The molecule has 0 aromatic rings. The first-order valence-corrected chi connectivity index (χ1v) is 6.96. The van der Waals surface area contributed by atoms with E-state index >= 15 is 0 Å². The average molecular weight is 381 g/mol. The molecule has 0 bridgehead atoms. The van der Waals surface area contributed by atoms with E-state index in [1.54, 1.807) is 0 Å². The number of rotatable bonds is 7. The smallest absolute Gasteiger partial charge is 0.469 e. The Morgan fingerprint density at radius 3 is 1.92 bits per heavy atom. The highest BCUT2D eigenvalue weighted by Gasteiger charge is 2.46. The topological polar surface area (TPSA) is 81.7 Å². The minimum Gasteiger partial charge on any atom is -0.469 e. The molecule has 12 heteroatoms. The van der Waals surface area contributed by atoms with E-state index in [9.17, 15) is 40.7 Å². The summed E-state index contributed by atoms with van der Waals surface area (Å²) < 4.78 is 82.8. The molecule has 0 unspecified atom stereocenters. The number of halogens is 6. The molecule has 3 atom stereocenters. The molecule has 0 radical (unpaired) electrons. The van der Waals surface area contributed by atoms with Crippen LogP contribution in [0.2, 0.25) is 0 Å². The van der Waals surface area contributed by atoms with E-state index in [4.69, 9.17) is 0 Å². The first-order valence-electron chi connectivity index (χ1n) is 6.96. The molecule has 0 saturated heterocycles. The van der Waals surface area contributed by atoms with Gasteiger partial charge in [-0.3, -0.25) is 9.59 Å². The van der Waals surface area contributed by atoms with E-state index in [2.05, 4.69) is 9.47 Å². The number of ether oxygens (including phenoxy) is 2. The molecule has 1 N–H and O–H groups in total. The van der Waals surface area contributed by atoms with Crippen LogP contribution in [0, 0.1) is 5.92 Å². The zero-order chi connectivity index (χ0) is 20.0. The summed E-state index contributed by atoms with van der Waals surface area (Å²) in [6.45, 7) is 2.80. The van der Waals surface area contributed by atoms with Gasteiger partial charge in [-0.1, -0.05) is 20.3 Å².